The molecule has 0 spiro atoms. The van der Waals surface area contributed by atoms with E-state index in [1.807, 2.05) is 0 Å². The van der Waals surface area contributed by atoms with Gasteiger partial charge in [0.05, 0.1) is 28.4 Å². The van der Waals surface area contributed by atoms with Crippen LogP contribution in [0.2, 0.25) is 0 Å². The van der Waals surface area contributed by atoms with Gasteiger partial charge in [0.25, 0.3) is 20.1 Å². The van der Waals surface area contributed by atoms with Crippen LogP contribution < -0.4 is 93.2 Å². The number of anilines is 17. The van der Waals surface area contributed by atoms with Crippen molar-refractivity contribution >= 4 is 166 Å². The summed E-state index contributed by atoms with van der Waals surface area (Å²) in [5, 5.41) is 4.24. The quantitative estimate of drug-likeness (QED) is 0.128. The predicted octanol–water partition coefficient (Wildman–Crippen LogP) is 21.3. The summed E-state index contributed by atoms with van der Waals surface area (Å²) >= 11 is 0. The van der Waals surface area contributed by atoms with Crippen molar-refractivity contribution in [3.8, 4) is 34.5 Å². The minimum Gasteiger partial charge on any atom is -0.458 e. The molecule has 0 saturated carbocycles. The highest BCUT2D eigenvalue weighted by Gasteiger charge is 2.50. The number of hydrogen-bond acceptors (Lipinski definition) is 9. The van der Waals surface area contributed by atoms with E-state index in [9.17, 15) is 0 Å². The van der Waals surface area contributed by atoms with E-state index < -0.39 is 0 Å². The van der Waals surface area contributed by atoms with E-state index >= 15 is 0 Å². The van der Waals surface area contributed by atoms with Gasteiger partial charge < -0.3 is 44.0 Å². The first kappa shape index (κ1) is 68.7. The number of fused-ring (bicyclic) bond motifs is 12. The predicted molar refractivity (Wildman–Crippen MR) is 480 cm³/mol. The molecule has 15 aromatic rings. The van der Waals surface area contributed by atoms with Crippen molar-refractivity contribution < 1.29 is 14.2 Å². The van der Waals surface area contributed by atoms with E-state index in [4.69, 9.17) is 14.2 Å². The molecular formula is C102H83B3N6O3. The molecule has 0 radical (unpaired) electrons. The standard InChI is InChI=1S/C102H83B3N6O3/c1-59-21-33-71(34-22-59)107(72-35-23-60(2)24-36-72)77-49-87-98-95(52-77)112-92-19-15-13-17-80(92)103(98)82-55-83-88(57-86(82)106-87)110(101-67(9)45-65(7)46-68(101)10)91-51-79(109(75-41-29-63(5)30-42-75)76-43-31-64(6)32-44-76)54-97-100(91)105(83)85-56-84-89(58-94(85)114-97)111(102-69(11)47-66(8)48-70(102)12)90-50-78(53-96-99(90)104(84)81-18-14-16-20-93(81)113-96)108(73-37-25-61(3)26-38-73)74-39-27-62(4)28-40-74/h13-58,106H,1-12H3. The van der Waals surface area contributed by atoms with Crippen LogP contribution in [-0.4, -0.2) is 20.1 Å². The van der Waals surface area contributed by atoms with Gasteiger partial charge in [0.1, 0.15) is 34.5 Å². The molecule has 6 heterocycles. The molecule has 0 unspecified atom stereocenters. The lowest BCUT2D eigenvalue weighted by atomic mass is 9.29. The van der Waals surface area contributed by atoms with E-state index in [1.165, 1.54) is 83.1 Å². The Hall–Kier alpha value is -13.3. The molecule has 6 aliphatic rings. The molecule has 0 atom stereocenters. The molecule has 0 amide bonds. The first-order valence-corrected chi connectivity index (χ1v) is 39.8. The Morgan fingerprint density at radius 1 is 0.228 bits per heavy atom. The zero-order valence-electron chi connectivity index (χ0n) is 66.3. The fourth-order valence-corrected chi connectivity index (χ4v) is 19.4. The summed E-state index contributed by atoms with van der Waals surface area (Å²) in [6, 6.07) is 104. The summed E-state index contributed by atoms with van der Waals surface area (Å²) in [7, 11) is 0. The Kier molecular flexibility index (Phi) is 15.8. The third-order valence-corrected chi connectivity index (χ3v) is 24.4. The molecular weight excluding hydrogens is 1390 g/mol. The summed E-state index contributed by atoms with van der Waals surface area (Å²) in [6.07, 6.45) is 0. The van der Waals surface area contributed by atoms with Crippen LogP contribution in [0.15, 0.2) is 279 Å². The van der Waals surface area contributed by atoms with Gasteiger partial charge in [-0.3, -0.25) is 0 Å². The molecule has 0 fully saturated rings. The lowest BCUT2D eigenvalue weighted by molar-refractivity contribution is 0.487. The molecule has 0 aromatic heterocycles. The number of rotatable bonds is 11. The maximum absolute atomic E-state index is 8.13. The van der Waals surface area contributed by atoms with Gasteiger partial charge in [-0.15, -0.1) is 0 Å². The number of benzene rings is 15. The van der Waals surface area contributed by atoms with Gasteiger partial charge in [0, 0.05) is 92.5 Å². The van der Waals surface area contributed by atoms with Gasteiger partial charge in [0.2, 0.25) is 0 Å². The van der Waals surface area contributed by atoms with Crippen molar-refractivity contribution in [2.45, 2.75) is 83.1 Å². The smallest absolute Gasteiger partial charge is 0.256 e. The summed E-state index contributed by atoms with van der Waals surface area (Å²) in [5.74, 6) is 4.90. The van der Waals surface area contributed by atoms with Crippen molar-refractivity contribution in [1.29, 1.82) is 0 Å². The molecule has 0 bridgehead atoms. The number of nitrogens with one attached hydrogen (secondary N) is 1. The highest BCUT2D eigenvalue weighted by molar-refractivity contribution is 7.03. The number of hydrogen-bond donors (Lipinski definition) is 1. The van der Waals surface area contributed by atoms with Gasteiger partial charge in [-0.05, 0) is 264 Å². The van der Waals surface area contributed by atoms with Crippen molar-refractivity contribution in [1.82, 2.24) is 0 Å². The highest BCUT2D eigenvalue weighted by Crippen LogP contribution is 2.53. The highest BCUT2D eigenvalue weighted by atomic mass is 16.5. The van der Waals surface area contributed by atoms with Crippen molar-refractivity contribution in [2.75, 3.05) is 29.8 Å². The second-order valence-corrected chi connectivity index (χ2v) is 32.6. The third kappa shape index (κ3) is 11.0. The van der Waals surface area contributed by atoms with E-state index in [-0.39, 0.29) is 20.1 Å². The molecule has 0 aliphatic carbocycles. The average molecular weight is 1470 g/mol. The first-order valence-electron chi connectivity index (χ1n) is 39.8. The Balaban J connectivity index is 0.851. The van der Waals surface area contributed by atoms with Crippen molar-refractivity contribution in [3.05, 3.63) is 346 Å². The zero-order chi connectivity index (χ0) is 77.4. The van der Waals surface area contributed by atoms with Crippen LogP contribution in [-0.2, 0) is 0 Å². The van der Waals surface area contributed by atoms with E-state index in [0.29, 0.717) is 0 Å². The summed E-state index contributed by atoms with van der Waals surface area (Å²) in [6.45, 7) is 25.6. The SMILES string of the molecule is Cc1ccc(N(c2ccc(C)cc2)c2cc3c4c(c2)Oc2ccccc2B4c2cc4c(cc2N3)N(c2c(C)cc(C)cc2C)c2cc(N(c3ccc(C)cc3)c3ccc(C)cc3)cc3c2B4c2cc4c(cc2O3)N(c2c(C)cc(C)cc2C)c2cc(N(c3ccc(C)cc3)c3ccc(C)cc3)cc3c2B4c2ccccc2O3)cc1. The maximum Gasteiger partial charge on any atom is 0.256 e. The molecule has 6 aliphatic heterocycles. The van der Waals surface area contributed by atoms with Crippen molar-refractivity contribution in [3.63, 3.8) is 0 Å². The second kappa shape index (κ2) is 26.2. The van der Waals surface area contributed by atoms with Crippen LogP contribution in [0.5, 0.6) is 34.5 Å². The Labute approximate surface area is 669 Å². The number of aryl methyl sites for hydroxylation is 12. The average Bonchev–Trinajstić information content (AvgIpc) is 0.686. The van der Waals surface area contributed by atoms with Gasteiger partial charge in [0.15, 0.2) is 0 Å². The fraction of sp³-hybridized carbons (Fsp3) is 0.118. The lowest BCUT2D eigenvalue weighted by Crippen LogP contribution is -2.65. The number of para-hydroxylation sites is 2. The Morgan fingerprint density at radius 2 is 0.544 bits per heavy atom. The maximum atomic E-state index is 8.13. The van der Waals surface area contributed by atoms with E-state index in [0.717, 1.165) is 164 Å². The van der Waals surface area contributed by atoms with Gasteiger partial charge in [-0.2, -0.15) is 0 Å². The van der Waals surface area contributed by atoms with Crippen LogP contribution in [0.4, 0.5) is 96.7 Å². The van der Waals surface area contributed by atoms with E-state index in [2.05, 4.69) is 392 Å². The molecule has 548 valence electrons. The molecule has 15 aromatic carbocycles. The molecule has 0 saturated heterocycles. The Bertz CT molecular complexity index is 6360. The normalized spacial score (nSPS) is 13.1. The van der Waals surface area contributed by atoms with Crippen LogP contribution in [0.3, 0.4) is 0 Å². The third-order valence-electron chi connectivity index (χ3n) is 24.4. The van der Waals surface area contributed by atoms with Crippen molar-refractivity contribution in [2.24, 2.45) is 0 Å². The van der Waals surface area contributed by atoms with Crippen LogP contribution >= 0.6 is 0 Å². The Morgan fingerprint density at radius 3 is 0.930 bits per heavy atom. The minimum absolute atomic E-state index is 0.219. The van der Waals surface area contributed by atoms with Crippen LogP contribution in [0.1, 0.15) is 66.8 Å². The summed E-state index contributed by atoms with van der Waals surface area (Å²) < 4.78 is 22.9. The molecule has 114 heavy (non-hydrogen) atoms. The fourth-order valence-electron chi connectivity index (χ4n) is 19.4. The zero-order valence-corrected chi connectivity index (χ0v) is 66.3. The molecule has 21 rings (SSSR count). The van der Waals surface area contributed by atoms with Gasteiger partial charge in [-0.25, -0.2) is 0 Å². The minimum atomic E-state index is -0.365. The molecule has 1 N–H and O–H groups in total. The number of ether oxygens (including phenoxy) is 3. The molecule has 9 nitrogen and oxygen atoms in total. The second-order valence-electron chi connectivity index (χ2n) is 32.6. The van der Waals surface area contributed by atoms with Gasteiger partial charge >= 0.3 is 0 Å². The summed E-state index contributed by atoms with van der Waals surface area (Å²) in [5.41, 5.74) is 42.1. The molecule has 12 heteroatoms. The number of nitrogens with zero attached hydrogens (tertiary/aromatic N) is 5. The first-order chi connectivity index (χ1) is 55.4. The lowest BCUT2D eigenvalue weighted by Gasteiger charge is -2.45. The van der Waals surface area contributed by atoms with Crippen LogP contribution in [0, 0.1) is 83.1 Å². The van der Waals surface area contributed by atoms with Gasteiger partial charge in [-0.1, -0.05) is 190 Å². The van der Waals surface area contributed by atoms with E-state index in [1.54, 1.807) is 0 Å². The van der Waals surface area contributed by atoms with Crippen LogP contribution in [0.25, 0.3) is 0 Å². The largest absolute Gasteiger partial charge is 0.458 e. The summed E-state index contributed by atoms with van der Waals surface area (Å²) in [4.78, 5) is 12.3. The topological polar surface area (TPSA) is 55.9 Å². The monoisotopic (exact) mass is 1470 g/mol.